The highest BCUT2D eigenvalue weighted by atomic mass is 32.1. The lowest BCUT2D eigenvalue weighted by Crippen LogP contribution is -2.41. The van der Waals surface area contributed by atoms with E-state index in [1.807, 2.05) is 6.07 Å². The summed E-state index contributed by atoms with van der Waals surface area (Å²) in [5, 5.41) is 19.3. The van der Waals surface area contributed by atoms with Crippen molar-refractivity contribution in [2.75, 3.05) is 13.2 Å². The van der Waals surface area contributed by atoms with Crippen LogP contribution in [0.4, 0.5) is 0 Å². The Morgan fingerprint density at radius 3 is 3.23 bits per heavy atom. The summed E-state index contributed by atoms with van der Waals surface area (Å²) in [5.74, 6) is 0. The van der Waals surface area contributed by atoms with Gasteiger partial charge in [-0.05, 0) is 0 Å². The predicted octanol–water partition coefficient (Wildman–Crippen LogP) is 0.939. The lowest BCUT2D eigenvalue weighted by atomic mass is 10.1. The average molecular weight is 394 g/mol. The van der Waals surface area contributed by atoms with Crippen LogP contribution < -0.4 is 0 Å². The van der Waals surface area contributed by atoms with Crippen LogP contribution in [0.1, 0.15) is 12.6 Å². The van der Waals surface area contributed by atoms with Crippen LogP contribution >= 0.6 is 20.0 Å². The summed E-state index contributed by atoms with van der Waals surface area (Å²) in [6.07, 6.45) is 0.0894. The quantitative estimate of drug-likeness (QED) is 0.337. The van der Waals surface area contributed by atoms with Gasteiger partial charge in [0.2, 0.25) is 0 Å². The minimum Gasteiger partial charge on any atom is -0.385 e. The Morgan fingerprint density at radius 1 is 1.58 bits per heavy atom. The summed E-state index contributed by atoms with van der Waals surface area (Å²) < 4.78 is 24.4. The van der Waals surface area contributed by atoms with Crippen LogP contribution in [0.25, 0.3) is 11.2 Å². The van der Waals surface area contributed by atoms with Gasteiger partial charge in [-0.3, -0.25) is 4.57 Å². The Kier molecular flexibility index (Phi) is 4.79. The molecule has 4 rings (SSSR count). The van der Waals surface area contributed by atoms with E-state index < -0.39 is 32.4 Å². The first-order chi connectivity index (χ1) is 12.5. The molecule has 2 fully saturated rings. The standard InChI is InChI=1S/C13H14BN5O5PS/c14-25(21-3-1-2-15)22-4-7-10(24-25)9(20)13(23-7)19-6-18-8-11(19)16-5-17-12(8)26/h5-7,9-10,13,20H,1,3-4H2,(H,16,17,26)/q+1/t7-,9+,10+,13-,25?/m1/s1. The van der Waals surface area contributed by atoms with Gasteiger partial charge in [0.1, 0.15) is 36.6 Å². The molecule has 2 saturated heterocycles. The minimum atomic E-state index is -3.11. The maximum Gasteiger partial charge on any atom is 0.488 e. The van der Waals surface area contributed by atoms with Crippen LogP contribution in [0.15, 0.2) is 12.7 Å². The number of nitriles is 1. The van der Waals surface area contributed by atoms with E-state index in [1.165, 1.54) is 12.7 Å². The van der Waals surface area contributed by atoms with Crippen molar-refractivity contribution in [1.82, 2.24) is 19.5 Å². The van der Waals surface area contributed by atoms with E-state index in [0.717, 1.165) is 0 Å². The number of imidazole rings is 1. The molecule has 1 unspecified atom stereocenters. The van der Waals surface area contributed by atoms with Crippen LogP contribution in [0.5, 0.6) is 0 Å². The van der Waals surface area contributed by atoms with Crippen LogP contribution in [0.2, 0.25) is 0 Å². The highest BCUT2D eigenvalue weighted by Gasteiger charge is 2.58. The second kappa shape index (κ2) is 6.94. The molecule has 26 heavy (non-hydrogen) atoms. The van der Waals surface area contributed by atoms with Gasteiger partial charge in [-0.15, -0.1) is 0 Å². The normalized spacial score (nSPS) is 33.8. The van der Waals surface area contributed by atoms with Gasteiger partial charge in [0.15, 0.2) is 17.0 Å². The number of hydrogen-bond acceptors (Lipinski definition) is 9. The minimum absolute atomic E-state index is 0.0915. The van der Waals surface area contributed by atoms with E-state index >= 15 is 0 Å². The zero-order chi connectivity index (χ0) is 18.3. The van der Waals surface area contributed by atoms with E-state index in [0.29, 0.717) is 15.8 Å². The van der Waals surface area contributed by atoms with E-state index in [2.05, 4.69) is 15.0 Å². The Labute approximate surface area is 155 Å². The summed E-state index contributed by atoms with van der Waals surface area (Å²) in [6, 6.07) is 1.95. The average Bonchev–Trinajstić information content (AvgIpc) is 3.18. The monoisotopic (exact) mass is 394 g/mol. The van der Waals surface area contributed by atoms with Gasteiger partial charge in [0.05, 0.1) is 25.1 Å². The molecule has 0 saturated carbocycles. The third kappa shape index (κ3) is 3.06. The number of aromatic nitrogens is 4. The van der Waals surface area contributed by atoms with Gasteiger partial charge >= 0.3 is 15.4 Å². The molecule has 2 radical (unpaired) electrons. The molecule has 10 nitrogen and oxygen atoms in total. The highest BCUT2D eigenvalue weighted by Crippen LogP contribution is 2.63. The number of aromatic amines is 1. The first-order valence-electron chi connectivity index (χ1n) is 7.78. The van der Waals surface area contributed by atoms with E-state index in [4.69, 9.17) is 43.4 Å². The van der Waals surface area contributed by atoms with Crippen molar-refractivity contribution in [3.63, 3.8) is 0 Å². The maximum atomic E-state index is 10.7. The smallest absolute Gasteiger partial charge is 0.385 e. The van der Waals surface area contributed by atoms with Gasteiger partial charge in [0, 0.05) is 0 Å². The van der Waals surface area contributed by atoms with E-state index in [-0.39, 0.29) is 19.6 Å². The topological polar surface area (TPSA) is 127 Å². The molecule has 2 aliphatic heterocycles. The van der Waals surface area contributed by atoms with Crippen molar-refractivity contribution in [2.45, 2.75) is 31.0 Å². The fourth-order valence-electron chi connectivity index (χ4n) is 2.94. The molecule has 0 spiro atoms. The van der Waals surface area contributed by atoms with Gasteiger partial charge in [0.25, 0.3) is 0 Å². The molecule has 4 heterocycles. The summed E-state index contributed by atoms with van der Waals surface area (Å²) >= 11 is 5.15. The van der Waals surface area contributed by atoms with Gasteiger partial charge in [-0.2, -0.15) is 18.8 Å². The van der Waals surface area contributed by atoms with Gasteiger partial charge in [-0.1, -0.05) is 12.2 Å². The van der Waals surface area contributed by atoms with Crippen molar-refractivity contribution < 1.29 is 23.4 Å². The maximum absolute atomic E-state index is 10.7. The van der Waals surface area contributed by atoms with Crippen molar-refractivity contribution >= 4 is 38.8 Å². The summed E-state index contributed by atoms with van der Waals surface area (Å²) in [6.45, 7) is 0.202. The molecule has 2 aromatic rings. The number of aliphatic hydroxyl groups excluding tert-OH is 1. The van der Waals surface area contributed by atoms with Crippen LogP contribution in [-0.4, -0.2) is 63.7 Å². The number of aliphatic hydroxyl groups is 1. The number of nitrogens with zero attached hydrogens (tertiary/aromatic N) is 4. The van der Waals surface area contributed by atoms with Crippen LogP contribution in [0.3, 0.4) is 0 Å². The lowest BCUT2D eigenvalue weighted by Gasteiger charge is -2.30. The summed E-state index contributed by atoms with van der Waals surface area (Å²) in [4.78, 5) is 11.2. The number of H-pyrrole nitrogens is 1. The van der Waals surface area contributed by atoms with Gasteiger partial charge in [-0.25, -0.2) is 9.97 Å². The Hall–Kier alpha value is -1.45. The van der Waals surface area contributed by atoms with Crippen molar-refractivity contribution in [1.29, 1.82) is 5.26 Å². The molecule has 0 amide bonds. The molecule has 134 valence electrons. The molecular formula is C13H14BN5O5PS+. The van der Waals surface area contributed by atoms with Crippen molar-refractivity contribution in [3.05, 3.63) is 17.3 Å². The predicted molar refractivity (Wildman–Crippen MR) is 92.3 cm³/mol. The third-order valence-corrected chi connectivity index (χ3v) is 6.02. The molecular weight excluding hydrogens is 380 g/mol. The van der Waals surface area contributed by atoms with E-state index in [1.54, 1.807) is 4.57 Å². The molecule has 0 aliphatic carbocycles. The van der Waals surface area contributed by atoms with Crippen molar-refractivity contribution in [2.24, 2.45) is 0 Å². The second-order valence-electron chi connectivity index (χ2n) is 5.76. The molecule has 2 N–H and O–H groups in total. The number of ether oxygens (including phenoxy) is 1. The fraction of sp³-hybridized carbons (Fsp3) is 0.538. The molecule has 13 heteroatoms. The molecule has 5 atom stereocenters. The zero-order valence-corrected chi connectivity index (χ0v) is 15.1. The van der Waals surface area contributed by atoms with Crippen LogP contribution in [0, 0.1) is 16.0 Å². The van der Waals surface area contributed by atoms with Crippen molar-refractivity contribution in [3.8, 4) is 6.07 Å². The van der Waals surface area contributed by atoms with Crippen LogP contribution in [-0.2, 0) is 18.3 Å². The molecule has 0 aromatic carbocycles. The first-order valence-corrected chi connectivity index (χ1v) is 9.80. The lowest BCUT2D eigenvalue weighted by molar-refractivity contribution is -0.0630. The van der Waals surface area contributed by atoms with Gasteiger partial charge < -0.3 is 14.8 Å². The first kappa shape index (κ1) is 17.9. The SMILES string of the molecule is [B][P+]1(OCCC#N)OC[C@H]2O[C@@H](n3cnc4c(=S)nc[nH]c43)[C@@H](O)[C@H]2O1. The van der Waals surface area contributed by atoms with E-state index in [9.17, 15) is 5.11 Å². The number of fused-ring (bicyclic) bond motifs is 2. The Balaban J connectivity index is 1.56. The molecule has 0 bridgehead atoms. The molecule has 2 aromatic heterocycles. The fourth-order valence-corrected chi connectivity index (χ4v) is 4.64. The highest BCUT2D eigenvalue weighted by molar-refractivity contribution is 7.85. The Morgan fingerprint density at radius 2 is 2.42 bits per heavy atom. The number of nitrogens with one attached hydrogen (secondary N) is 1. The third-order valence-electron chi connectivity index (χ3n) is 4.14. The second-order valence-corrected chi connectivity index (χ2v) is 7.95. The largest absolute Gasteiger partial charge is 0.488 e. The number of rotatable bonds is 4. The Bertz CT molecular complexity index is 920. The summed E-state index contributed by atoms with van der Waals surface area (Å²) in [5.41, 5.74) is 1.08. The zero-order valence-electron chi connectivity index (χ0n) is 13.4. The molecule has 2 aliphatic rings. The summed E-state index contributed by atoms with van der Waals surface area (Å²) in [7, 11) is 2.90. The number of hydrogen-bond donors (Lipinski definition) is 2.